The van der Waals surface area contributed by atoms with Crippen molar-refractivity contribution >= 4 is 17.4 Å². The lowest BCUT2D eigenvalue weighted by Crippen LogP contribution is -2.38. The number of aryl methyl sites for hydroxylation is 2. The Morgan fingerprint density at radius 3 is 2.44 bits per heavy atom. The van der Waals surface area contributed by atoms with Gasteiger partial charge in [-0.05, 0) is 56.0 Å². The van der Waals surface area contributed by atoms with Crippen molar-refractivity contribution in [1.82, 2.24) is 9.80 Å². The van der Waals surface area contributed by atoms with Crippen LogP contribution in [0.1, 0.15) is 48.1 Å². The van der Waals surface area contributed by atoms with E-state index in [0.717, 1.165) is 62.4 Å². The summed E-state index contributed by atoms with van der Waals surface area (Å²) in [6.07, 6.45) is 1.63. The van der Waals surface area contributed by atoms with Crippen LogP contribution < -0.4 is 4.74 Å². The number of amides is 1. The maximum absolute atomic E-state index is 13.3. The smallest absolute Gasteiger partial charge is 0.295 e. The van der Waals surface area contributed by atoms with Crippen molar-refractivity contribution in [3.63, 3.8) is 0 Å². The monoisotopic (exact) mass is 492 g/mol. The van der Waals surface area contributed by atoms with Gasteiger partial charge in [-0.3, -0.25) is 14.5 Å². The standard InChI is InChI=1S/C29H36N2O5/c1-4-16-36-23-10-11-24(21(3)19-23)27(32)25-26(22-8-6-20(2)7-9-22)31(29(34)28(25)33)13-5-12-30-14-17-35-18-15-30/h6-11,19,26,32H,4-5,12-18H2,1-3H3/t26-/m0/s1. The lowest BCUT2D eigenvalue weighted by molar-refractivity contribution is -0.140. The molecule has 1 amide bonds. The molecule has 2 aliphatic rings. The van der Waals surface area contributed by atoms with Crippen LogP contribution in [-0.2, 0) is 14.3 Å². The van der Waals surface area contributed by atoms with Crippen LogP contribution in [0.15, 0.2) is 48.0 Å². The first kappa shape index (κ1) is 25.9. The third-order valence-electron chi connectivity index (χ3n) is 6.84. The van der Waals surface area contributed by atoms with E-state index in [4.69, 9.17) is 9.47 Å². The van der Waals surface area contributed by atoms with Crippen LogP contribution >= 0.6 is 0 Å². The number of aliphatic hydroxyl groups is 1. The molecule has 2 fully saturated rings. The summed E-state index contributed by atoms with van der Waals surface area (Å²) in [7, 11) is 0. The lowest BCUT2D eigenvalue weighted by Gasteiger charge is -2.29. The summed E-state index contributed by atoms with van der Waals surface area (Å²) in [4.78, 5) is 30.5. The highest BCUT2D eigenvalue weighted by Gasteiger charge is 2.45. The van der Waals surface area contributed by atoms with Crippen LogP contribution in [0.3, 0.4) is 0 Å². The molecule has 0 aliphatic carbocycles. The third-order valence-corrected chi connectivity index (χ3v) is 6.84. The van der Waals surface area contributed by atoms with Gasteiger partial charge in [0.1, 0.15) is 11.5 Å². The normalized spacial score (nSPS) is 20.2. The minimum absolute atomic E-state index is 0.139. The Kier molecular flexibility index (Phi) is 8.44. The Morgan fingerprint density at radius 2 is 1.78 bits per heavy atom. The molecule has 0 bridgehead atoms. The number of hydrogen-bond donors (Lipinski definition) is 1. The van der Waals surface area contributed by atoms with Gasteiger partial charge in [-0.25, -0.2) is 0 Å². The highest BCUT2D eigenvalue weighted by atomic mass is 16.5. The Bertz CT molecular complexity index is 1120. The van der Waals surface area contributed by atoms with Gasteiger partial charge < -0.3 is 19.5 Å². The molecule has 7 heteroatoms. The summed E-state index contributed by atoms with van der Waals surface area (Å²) in [5.74, 6) is -0.640. The zero-order chi connectivity index (χ0) is 25.7. The topological polar surface area (TPSA) is 79.3 Å². The Labute approximate surface area is 213 Å². The fraction of sp³-hybridized carbons (Fsp3) is 0.448. The number of rotatable bonds is 9. The fourth-order valence-corrected chi connectivity index (χ4v) is 4.85. The minimum atomic E-state index is -0.643. The van der Waals surface area contributed by atoms with Gasteiger partial charge in [-0.2, -0.15) is 0 Å². The first-order valence-electron chi connectivity index (χ1n) is 12.8. The van der Waals surface area contributed by atoms with E-state index in [1.54, 1.807) is 17.0 Å². The van der Waals surface area contributed by atoms with Crippen molar-refractivity contribution in [3.05, 3.63) is 70.3 Å². The fourth-order valence-electron chi connectivity index (χ4n) is 4.85. The van der Waals surface area contributed by atoms with Gasteiger partial charge in [-0.1, -0.05) is 36.8 Å². The van der Waals surface area contributed by atoms with Crippen LogP contribution in [-0.4, -0.2) is 72.6 Å². The van der Waals surface area contributed by atoms with Gasteiger partial charge in [0.05, 0.1) is 31.4 Å². The van der Waals surface area contributed by atoms with Crippen molar-refractivity contribution < 1.29 is 24.2 Å². The second-order valence-corrected chi connectivity index (χ2v) is 9.54. The second-order valence-electron chi connectivity index (χ2n) is 9.54. The van der Waals surface area contributed by atoms with Gasteiger partial charge >= 0.3 is 0 Å². The summed E-state index contributed by atoms with van der Waals surface area (Å²) < 4.78 is 11.1. The molecule has 1 atom stereocenters. The zero-order valence-corrected chi connectivity index (χ0v) is 21.5. The second kappa shape index (κ2) is 11.7. The quantitative estimate of drug-likeness (QED) is 0.321. The third kappa shape index (κ3) is 5.63. The number of carbonyl (C=O) groups is 2. The van der Waals surface area contributed by atoms with Gasteiger partial charge in [0, 0.05) is 31.7 Å². The number of likely N-dealkylation sites (tertiary alicyclic amines) is 1. The maximum atomic E-state index is 13.3. The molecular formula is C29H36N2O5. The first-order valence-corrected chi connectivity index (χ1v) is 12.8. The van der Waals surface area contributed by atoms with Crippen molar-refractivity contribution in [2.24, 2.45) is 0 Å². The van der Waals surface area contributed by atoms with Crippen LogP contribution in [0.2, 0.25) is 0 Å². The molecule has 0 spiro atoms. The van der Waals surface area contributed by atoms with Crippen LogP contribution in [0.25, 0.3) is 5.76 Å². The molecule has 0 unspecified atom stereocenters. The SMILES string of the molecule is CCCOc1ccc(C(O)=C2C(=O)C(=O)N(CCCN3CCOCC3)[C@H]2c2ccc(C)cc2)c(C)c1. The lowest BCUT2D eigenvalue weighted by atomic mass is 9.93. The van der Waals surface area contributed by atoms with Gasteiger partial charge in [0.15, 0.2) is 0 Å². The van der Waals surface area contributed by atoms with E-state index < -0.39 is 17.7 Å². The molecule has 0 aromatic heterocycles. The maximum Gasteiger partial charge on any atom is 0.295 e. The number of benzene rings is 2. The van der Waals surface area contributed by atoms with E-state index in [1.165, 1.54) is 0 Å². The summed E-state index contributed by atoms with van der Waals surface area (Å²) in [6, 6.07) is 12.6. The predicted molar refractivity (Wildman–Crippen MR) is 139 cm³/mol. The van der Waals surface area contributed by atoms with E-state index >= 15 is 0 Å². The molecule has 0 saturated carbocycles. The highest BCUT2D eigenvalue weighted by molar-refractivity contribution is 6.46. The molecular weight excluding hydrogens is 456 g/mol. The number of ether oxygens (including phenoxy) is 2. The highest BCUT2D eigenvalue weighted by Crippen LogP contribution is 2.40. The van der Waals surface area contributed by atoms with Crippen LogP contribution in [0.5, 0.6) is 5.75 Å². The van der Waals surface area contributed by atoms with E-state index in [-0.39, 0.29) is 11.3 Å². The molecule has 0 radical (unpaired) electrons. The molecule has 1 N–H and O–H groups in total. The molecule has 2 aromatic carbocycles. The Morgan fingerprint density at radius 1 is 1.06 bits per heavy atom. The average molecular weight is 493 g/mol. The number of carbonyl (C=O) groups excluding carboxylic acids is 2. The molecule has 2 aliphatic heterocycles. The molecule has 4 rings (SSSR count). The van der Waals surface area contributed by atoms with Crippen molar-refractivity contribution in [3.8, 4) is 5.75 Å². The molecule has 36 heavy (non-hydrogen) atoms. The van der Waals surface area contributed by atoms with Crippen LogP contribution in [0.4, 0.5) is 0 Å². The first-order chi connectivity index (χ1) is 17.4. The summed E-state index contributed by atoms with van der Waals surface area (Å²) in [5.41, 5.74) is 3.35. The molecule has 2 aromatic rings. The predicted octanol–water partition coefficient (Wildman–Crippen LogP) is 4.24. The van der Waals surface area contributed by atoms with Crippen LogP contribution in [0, 0.1) is 13.8 Å². The van der Waals surface area contributed by atoms with E-state index in [1.807, 2.05) is 51.1 Å². The van der Waals surface area contributed by atoms with Crippen molar-refractivity contribution in [2.45, 2.75) is 39.7 Å². The molecule has 7 nitrogen and oxygen atoms in total. The van der Waals surface area contributed by atoms with E-state index in [9.17, 15) is 14.7 Å². The van der Waals surface area contributed by atoms with Crippen molar-refractivity contribution in [2.75, 3.05) is 46.0 Å². The number of hydrogen-bond acceptors (Lipinski definition) is 6. The van der Waals surface area contributed by atoms with E-state index in [2.05, 4.69) is 4.90 Å². The van der Waals surface area contributed by atoms with Gasteiger partial charge in [-0.15, -0.1) is 0 Å². The van der Waals surface area contributed by atoms with Gasteiger partial charge in [0.25, 0.3) is 11.7 Å². The Balaban J connectivity index is 1.66. The number of nitrogens with zero attached hydrogens (tertiary/aromatic N) is 2. The van der Waals surface area contributed by atoms with Crippen molar-refractivity contribution in [1.29, 1.82) is 0 Å². The summed E-state index contributed by atoms with van der Waals surface area (Å²) in [6.45, 7) is 10.9. The average Bonchev–Trinajstić information content (AvgIpc) is 3.13. The molecule has 2 heterocycles. The minimum Gasteiger partial charge on any atom is -0.507 e. The summed E-state index contributed by atoms with van der Waals surface area (Å²) >= 11 is 0. The largest absolute Gasteiger partial charge is 0.507 e. The molecule has 2 saturated heterocycles. The number of aliphatic hydroxyl groups excluding tert-OH is 1. The van der Waals surface area contributed by atoms with Gasteiger partial charge in [0.2, 0.25) is 0 Å². The summed E-state index contributed by atoms with van der Waals surface area (Å²) in [5, 5.41) is 11.4. The number of ketones is 1. The van der Waals surface area contributed by atoms with E-state index in [0.29, 0.717) is 24.5 Å². The zero-order valence-electron chi connectivity index (χ0n) is 21.5. The number of morpholine rings is 1. The molecule has 192 valence electrons. The Hall–Kier alpha value is -3.16. The number of Topliss-reactive ketones (excluding diaryl/α,β-unsaturated/α-hetero) is 1.